The van der Waals surface area contributed by atoms with Crippen molar-refractivity contribution in [2.24, 2.45) is 0 Å². The summed E-state index contributed by atoms with van der Waals surface area (Å²) < 4.78 is 10.6. The lowest BCUT2D eigenvalue weighted by molar-refractivity contribution is 0.136. The Labute approximate surface area is 68.0 Å². The third kappa shape index (κ3) is 3.39. The van der Waals surface area contributed by atoms with Crippen molar-refractivity contribution in [1.29, 1.82) is 0 Å². The van der Waals surface area contributed by atoms with Crippen molar-refractivity contribution in [3.05, 3.63) is 24.8 Å². The molecule has 0 spiro atoms. The molecule has 11 heavy (non-hydrogen) atoms. The van der Waals surface area contributed by atoms with Gasteiger partial charge in [-0.3, -0.25) is 0 Å². The Morgan fingerprint density at radius 3 is 2.73 bits per heavy atom. The quantitative estimate of drug-likeness (QED) is 0.452. The molecule has 0 bridgehead atoms. The van der Waals surface area contributed by atoms with E-state index in [9.17, 15) is 0 Å². The lowest BCUT2D eigenvalue weighted by atomic mass is 9.83. The Morgan fingerprint density at radius 2 is 2.09 bits per heavy atom. The molecule has 0 atom stereocenters. The monoisotopic (exact) mass is 152 g/mol. The van der Waals surface area contributed by atoms with Crippen LogP contribution in [0.15, 0.2) is 24.8 Å². The van der Waals surface area contributed by atoms with E-state index in [2.05, 4.69) is 6.58 Å². The molecule has 0 aromatic heterocycles. The lowest BCUT2D eigenvalue weighted by Gasteiger charge is -2.18. The number of hydrogen-bond acceptors (Lipinski definition) is 2. The van der Waals surface area contributed by atoms with Gasteiger partial charge in [0.2, 0.25) is 0 Å². The maximum absolute atomic E-state index is 5.32. The fraction of sp³-hybridized carbons (Fsp3) is 0.500. The molecule has 0 N–H and O–H groups in total. The lowest BCUT2D eigenvalue weighted by Crippen LogP contribution is -2.28. The van der Waals surface area contributed by atoms with Gasteiger partial charge >= 0.3 is 7.12 Å². The average molecular weight is 152 g/mol. The summed E-state index contributed by atoms with van der Waals surface area (Å²) in [6.07, 6.45) is 7.50. The molecule has 0 saturated carbocycles. The molecule has 0 aromatic rings. The summed E-state index contributed by atoms with van der Waals surface area (Å²) in [5.41, 5.74) is 0. The molecule has 0 radical (unpaired) electrons. The van der Waals surface area contributed by atoms with E-state index in [0.717, 1.165) is 26.0 Å². The molecule has 3 heteroatoms. The Hall–Kier alpha value is -0.535. The van der Waals surface area contributed by atoms with E-state index in [-0.39, 0.29) is 7.12 Å². The molecule has 60 valence electrons. The van der Waals surface area contributed by atoms with Crippen LogP contribution in [0, 0.1) is 0 Å². The largest absolute Gasteiger partial charge is 0.460 e. The summed E-state index contributed by atoms with van der Waals surface area (Å²) in [5.74, 6) is 0. The predicted molar refractivity (Wildman–Crippen MR) is 46.4 cm³/mol. The molecule has 1 rings (SSSR count). The first-order chi connectivity index (χ1) is 5.43. The van der Waals surface area contributed by atoms with Crippen LogP contribution >= 0.6 is 0 Å². The van der Waals surface area contributed by atoms with Crippen LogP contribution in [0.5, 0.6) is 0 Å². The van der Waals surface area contributed by atoms with Crippen molar-refractivity contribution in [2.75, 3.05) is 13.2 Å². The molecule has 1 aliphatic rings. The molecule has 1 saturated heterocycles. The van der Waals surface area contributed by atoms with Gasteiger partial charge in [-0.2, -0.15) is 0 Å². The minimum atomic E-state index is -0.0278. The van der Waals surface area contributed by atoms with Crippen molar-refractivity contribution in [3.63, 3.8) is 0 Å². The maximum atomic E-state index is 5.32. The van der Waals surface area contributed by atoms with Gasteiger partial charge in [-0.1, -0.05) is 24.8 Å². The Bertz CT molecular complexity index is 139. The first-order valence-electron chi connectivity index (χ1n) is 3.94. The summed E-state index contributed by atoms with van der Waals surface area (Å²) in [4.78, 5) is 0. The van der Waals surface area contributed by atoms with Crippen LogP contribution in [0.1, 0.15) is 6.42 Å². The molecular formula is C8H13BO2. The highest BCUT2D eigenvalue weighted by Gasteiger charge is 2.19. The minimum absolute atomic E-state index is 0.0278. The van der Waals surface area contributed by atoms with Crippen LogP contribution in [-0.4, -0.2) is 20.3 Å². The molecule has 0 amide bonds. The predicted octanol–water partition coefficient (Wildman–Crippen LogP) is 1.65. The van der Waals surface area contributed by atoms with E-state index in [1.807, 2.05) is 12.2 Å². The second-order valence-corrected chi connectivity index (χ2v) is 2.42. The molecule has 0 aromatic carbocycles. The first-order valence-corrected chi connectivity index (χ1v) is 3.94. The van der Waals surface area contributed by atoms with E-state index in [1.165, 1.54) is 0 Å². The Balaban J connectivity index is 2.14. The van der Waals surface area contributed by atoms with E-state index in [4.69, 9.17) is 9.31 Å². The van der Waals surface area contributed by atoms with Crippen LogP contribution < -0.4 is 0 Å². The summed E-state index contributed by atoms with van der Waals surface area (Å²) >= 11 is 0. The number of rotatable bonds is 3. The van der Waals surface area contributed by atoms with Crippen LogP contribution in [0.3, 0.4) is 0 Å². The van der Waals surface area contributed by atoms with Crippen LogP contribution in [0.25, 0.3) is 0 Å². The van der Waals surface area contributed by atoms with Gasteiger partial charge in [0, 0.05) is 19.5 Å². The number of allylic oxidation sites excluding steroid dienone is 3. The van der Waals surface area contributed by atoms with E-state index < -0.39 is 0 Å². The van der Waals surface area contributed by atoms with Crippen molar-refractivity contribution < 1.29 is 9.31 Å². The molecule has 0 aliphatic carbocycles. The normalized spacial score (nSPS) is 19.1. The molecule has 1 heterocycles. The van der Waals surface area contributed by atoms with Gasteiger partial charge in [-0.15, -0.1) is 0 Å². The third-order valence-electron chi connectivity index (χ3n) is 1.50. The van der Waals surface area contributed by atoms with E-state index >= 15 is 0 Å². The van der Waals surface area contributed by atoms with Gasteiger partial charge in [0.1, 0.15) is 0 Å². The highest BCUT2D eigenvalue weighted by atomic mass is 16.6. The second-order valence-electron chi connectivity index (χ2n) is 2.42. The first kappa shape index (κ1) is 8.56. The maximum Gasteiger partial charge on any atom is 0.460 e. The Kier molecular flexibility index (Phi) is 4.02. The standard InChI is InChI=1S/C8H13BO2/c1-2-3-4-6-9-10-7-5-8-11-9/h2-4H,1,5-8H2/b4-3+. The molecule has 1 fully saturated rings. The van der Waals surface area contributed by atoms with Gasteiger partial charge in [0.25, 0.3) is 0 Å². The fourth-order valence-corrected chi connectivity index (χ4v) is 0.959. The molecular weight excluding hydrogens is 139 g/mol. The third-order valence-corrected chi connectivity index (χ3v) is 1.50. The van der Waals surface area contributed by atoms with E-state index in [1.54, 1.807) is 6.08 Å². The minimum Gasteiger partial charge on any atom is -0.411 e. The Morgan fingerprint density at radius 1 is 1.36 bits per heavy atom. The summed E-state index contributed by atoms with van der Waals surface area (Å²) in [5, 5.41) is 0. The highest BCUT2D eigenvalue weighted by molar-refractivity contribution is 6.45. The van der Waals surface area contributed by atoms with Crippen molar-refractivity contribution in [2.45, 2.75) is 12.7 Å². The van der Waals surface area contributed by atoms with Gasteiger partial charge in [-0.05, 0) is 6.42 Å². The average Bonchev–Trinajstić information content (AvgIpc) is 2.07. The van der Waals surface area contributed by atoms with Crippen LogP contribution in [0.4, 0.5) is 0 Å². The topological polar surface area (TPSA) is 18.5 Å². The summed E-state index contributed by atoms with van der Waals surface area (Å²) in [7, 11) is -0.0278. The van der Waals surface area contributed by atoms with Crippen LogP contribution in [-0.2, 0) is 9.31 Å². The zero-order valence-corrected chi connectivity index (χ0v) is 6.66. The van der Waals surface area contributed by atoms with Crippen molar-refractivity contribution in [1.82, 2.24) is 0 Å². The van der Waals surface area contributed by atoms with Gasteiger partial charge in [0.15, 0.2) is 0 Å². The number of hydrogen-bond donors (Lipinski definition) is 0. The van der Waals surface area contributed by atoms with E-state index in [0.29, 0.717) is 0 Å². The van der Waals surface area contributed by atoms with Crippen LogP contribution in [0.2, 0.25) is 6.32 Å². The molecule has 0 unspecified atom stereocenters. The zero-order valence-electron chi connectivity index (χ0n) is 6.66. The summed E-state index contributed by atoms with van der Waals surface area (Å²) in [6.45, 7) is 5.23. The van der Waals surface area contributed by atoms with Crippen molar-refractivity contribution in [3.8, 4) is 0 Å². The van der Waals surface area contributed by atoms with Gasteiger partial charge < -0.3 is 9.31 Å². The summed E-state index contributed by atoms with van der Waals surface area (Å²) in [6, 6.07) is 0. The molecule has 2 nitrogen and oxygen atoms in total. The highest BCUT2D eigenvalue weighted by Crippen LogP contribution is 2.05. The zero-order chi connectivity index (χ0) is 7.94. The fourth-order valence-electron chi connectivity index (χ4n) is 0.959. The van der Waals surface area contributed by atoms with Crippen molar-refractivity contribution >= 4 is 7.12 Å². The van der Waals surface area contributed by atoms with Gasteiger partial charge in [0.05, 0.1) is 0 Å². The molecule has 1 aliphatic heterocycles. The SMILES string of the molecule is C=C/C=C/CB1OCCCO1. The van der Waals surface area contributed by atoms with Gasteiger partial charge in [-0.25, -0.2) is 0 Å². The second kappa shape index (κ2) is 5.16. The smallest absolute Gasteiger partial charge is 0.411 e.